The molecule has 1 heterocycles. The summed E-state index contributed by atoms with van der Waals surface area (Å²) in [5.41, 5.74) is 19.0. The van der Waals surface area contributed by atoms with Crippen molar-refractivity contribution in [3.8, 4) is 17.7 Å². The molecule has 0 bridgehead atoms. The molecule has 1 amide bonds. The highest BCUT2D eigenvalue weighted by atomic mass is 19.1. The molecule has 9 heteroatoms. The Kier molecular flexibility index (Phi) is 6.95. The molecule has 1 saturated heterocycles. The number of nitriles is 1. The maximum absolute atomic E-state index is 13.3. The summed E-state index contributed by atoms with van der Waals surface area (Å²) in [5.74, 6) is -0.149. The highest BCUT2D eigenvalue weighted by Gasteiger charge is 2.22. The number of aliphatic imine (C=N–C) groups is 1. The van der Waals surface area contributed by atoms with Crippen molar-refractivity contribution in [2.24, 2.45) is 22.2 Å². The number of piperidine rings is 1. The molecular formula is C23H25FN6O2. The van der Waals surface area contributed by atoms with Crippen LogP contribution in [0.2, 0.25) is 0 Å². The molecule has 1 fully saturated rings. The van der Waals surface area contributed by atoms with E-state index in [1.54, 1.807) is 42.2 Å². The fourth-order valence-corrected chi connectivity index (χ4v) is 3.51. The molecule has 0 aliphatic carbocycles. The normalized spacial score (nSPS) is 17.3. The fraction of sp³-hybridized carbons (Fsp3) is 0.261. The third-order valence-corrected chi connectivity index (χ3v) is 5.16. The van der Waals surface area contributed by atoms with E-state index in [0.29, 0.717) is 35.7 Å². The number of amidine groups is 1. The lowest BCUT2D eigenvalue weighted by Crippen LogP contribution is -2.37. The van der Waals surface area contributed by atoms with Crippen molar-refractivity contribution in [1.29, 1.82) is 5.26 Å². The molecular weight excluding hydrogens is 411 g/mol. The number of likely N-dealkylation sites (tertiary alicyclic amines) is 1. The van der Waals surface area contributed by atoms with Gasteiger partial charge in [0.2, 0.25) is 0 Å². The number of hydrogen-bond acceptors (Lipinski definition) is 6. The summed E-state index contributed by atoms with van der Waals surface area (Å²) in [4.78, 5) is 18.1. The quantitative estimate of drug-likeness (QED) is 0.274. The molecule has 6 N–H and O–H groups in total. The van der Waals surface area contributed by atoms with Crippen LogP contribution in [0.25, 0.3) is 5.70 Å². The first-order valence-electron chi connectivity index (χ1n) is 10.1. The number of carbonyl (C=O) groups is 1. The lowest BCUT2D eigenvalue weighted by Gasteiger charge is -2.26. The molecule has 0 saturated carbocycles. The minimum atomic E-state index is -0.793. The van der Waals surface area contributed by atoms with Crippen LogP contribution in [0.3, 0.4) is 0 Å². The first kappa shape index (κ1) is 22.6. The van der Waals surface area contributed by atoms with Crippen LogP contribution in [0, 0.1) is 24.2 Å². The molecule has 8 nitrogen and oxygen atoms in total. The molecule has 1 aliphatic rings. The summed E-state index contributed by atoms with van der Waals surface area (Å²) in [5, 5.41) is 9.09. The van der Waals surface area contributed by atoms with Crippen LogP contribution in [0.1, 0.15) is 24.0 Å². The largest absolute Gasteiger partial charge is 0.457 e. The zero-order valence-corrected chi connectivity index (χ0v) is 17.7. The summed E-state index contributed by atoms with van der Waals surface area (Å²) < 4.78 is 19.1. The van der Waals surface area contributed by atoms with Crippen LogP contribution in [-0.4, -0.2) is 35.8 Å². The van der Waals surface area contributed by atoms with Gasteiger partial charge < -0.3 is 26.8 Å². The maximum atomic E-state index is 13.3. The number of halogens is 1. The van der Waals surface area contributed by atoms with Gasteiger partial charge in [0.15, 0.2) is 6.19 Å². The lowest BCUT2D eigenvalue weighted by molar-refractivity contribution is -0.114. The second-order valence-electron chi connectivity index (χ2n) is 7.55. The van der Waals surface area contributed by atoms with Crippen molar-refractivity contribution in [3.63, 3.8) is 0 Å². The summed E-state index contributed by atoms with van der Waals surface area (Å²) in [6.07, 6.45) is 3.65. The summed E-state index contributed by atoms with van der Waals surface area (Å²) in [7, 11) is 0. The Hall–Kier alpha value is -4.06. The predicted octanol–water partition coefficient (Wildman–Crippen LogP) is 2.38. The van der Waals surface area contributed by atoms with Crippen LogP contribution >= 0.6 is 0 Å². The first-order chi connectivity index (χ1) is 15.3. The summed E-state index contributed by atoms with van der Waals surface area (Å²) >= 11 is 0. The molecule has 1 atom stereocenters. The number of amides is 1. The molecule has 32 heavy (non-hydrogen) atoms. The number of aryl methyl sites for hydroxylation is 1. The van der Waals surface area contributed by atoms with Gasteiger partial charge in [-0.3, -0.25) is 9.79 Å². The molecule has 3 rings (SSSR count). The standard InChI is InChI=1S/C23H25FN6O2/c1-14-11-16(24)6-9-19(14)32-18-7-4-15(5-8-18)21(26)20(23(28)31)22(27)29-17-3-2-10-30(12-17)13-25/h4-9,11,17H,2-3,10,12,26H2,1H3,(H2,27,29)(H2,28,31). The van der Waals surface area contributed by atoms with Gasteiger partial charge in [0.05, 0.1) is 18.3 Å². The van der Waals surface area contributed by atoms with Gasteiger partial charge in [-0.1, -0.05) is 0 Å². The molecule has 1 aliphatic heterocycles. The van der Waals surface area contributed by atoms with E-state index >= 15 is 0 Å². The summed E-state index contributed by atoms with van der Waals surface area (Å²) in [6, 6.07) is 10.7. The topological polar surface area (TPSA) is 144 Å². The summed E-state index contributed by atoms with van der Waals surface area (Å²) in [6.45, 7) is 2.85. The smallest absolute Gasteiger partial charge is 0.254 e. The number of primary amides is 1. The minimum Gasteiger partial charge on any atom is -0.457 e. The van der Waals surface area contributed by atoms with Gasteiger partial charge in [0, 0.05) is 6.54 Å². The van der Waals surface area contributed by atoms with Gasteiger partial charge in [0.1, 0.15) is 28.7 Å². The van der Waals surface area contributed by atoms with E-state index in [1.165, 1.54) is 12.1 Å². The van der Waals surface area contributed by atoms with Crippen molar-refractivity contribution in [2.45, 2.75) is 25.8 Å². The second-order valence-corrected chi connectivity index (χ2v) is 7.55. The third kappa shape index (κ3) is 5.35. The van der Waals surface area contributed by atoms with E-state index in [4.69, 9.17) is 27.2 Å². The van der Waals surface area contributed by atoms with Crippen molar-refractivity contribution >= 4 is 17.4 Å². The van der Waals surface area contributed by atoms with Crippen molar-refractivity contribution < 1.29 is 13.9 Å². The van der Waals surface area contributed by atoms with Crippen LogP contribution in [-0.2, 0) is 4.79 Å². The average Bonchev–Trinajstić information content (AvgIpc) is 2.76. The Morgan fingerprint density at radius 3 is 2.56 bits per heavy atom. The van der Waals surface area contributed by atoms with Gasteiger partial charge in [0.25, 0.3) is 5.91 Å². The van der Waals surface area contributed by atoms with Crippen molar-refractivity contribution in [2.75, 3.05) is 13.1 Å². The lowest BCUT2D eigenvalue weighted by atomic mass is 10.0. The molecule has 2 aromatic rings. The Morgan fingerprint density at radius 1 is 1.22 bits per heavy atom. The van der Waals surface area contributed by atoms with Gasteiger partial charge in [-0.25, -0.2) is 4.39 Å². The number of carbonyl (C=O) groups excluding carboxylic acids is 1. The Labute approximate surface area is 185 Å². The van der Waals surface area contributed by atoms with Crippen LogP contribution in [0.5, 0.6) is 11.5 Å². The Bertz CT molecular complexity index is 1100. The fourth-order valence-electron chi connectivity index (χ4n) is 3.51. The number of rotatable bonds is 6. The average molecular weight is 436 g/mol. The number of benzene rings is 2. The van der Waals surface area contributed by atoms with E-state index in [1.807, 2.05) is 0 Å². The Balaban J connectivity index is 1.83. The zero-order valence-electron chi connectivity index (χ0n) is 17.7. The second kappa shape index (κ2) is 9.83. The van der Waals surface area contributed by atoms with Gasteiger partial charge >= 0.3 is 0 Å². The van der Waals surface area contributed by atoms with E-state index in [-0.39, 0.29) is 29.0 Å². The van der Waals surface area contributed by atoms with E-state index in [9.17, 15) is 9.18 Å². The van der Waals surface area contributed by atoms with Gasteiger partial charge in [-0.05, 0) is 73.4 Å². The number of ether oxygens (including phenoxy) is 1. The van der Waals surface area contributed by atoms with E-state index < -0.39 is 5.91 Å². The maximum Gasteiger partial charge on any atom is 0.254 e. The van der Waals surface area contributed by atoms with Crippen molar-refractivity contribution in [1.82, 2.24) is 4.90 Å². The highest BCUT2D eigenvalue weighted by molar-refractivity contribution is 6.24. The first-order valence-corrected chi connectivity index (χ1v) is 10.1. The monoisotopic (exact) mass is 436 g/mol. The van der Waals surface area contributed by atoms with Crippen LogP contribution in [0.4, 0.5) is 4.39 Å². The third-order valence-electron chi connectivity index (χ3n) is 5.16. The van der Waals surface area contributed by atoms with E-state index in [2.05, 4.69) is 11.2 Å². The number of nitrogens with two attached hydrogens (primary N) is 3. The molecule has 0 radical (unpaired) electrons. The number of hydrogen-bond donors (Lipinski definition) is 3. The van der Waals surface area contributed by atoms with Crippen LogP contribution < -0.4 is 21.9 Å². The van der Waals surface area contributed by atoms with Crippen LogP contribution in [0.15, 0.2) is 53.0 Å². The van der Waals surface area contributed by atoms with E-state index in [0.717, 1.165) is 12.8 Å². The highest BCUT2D eigenvalue weighted by Crippen LogP contribution is 2.27. The zero-order chi connectivity index (χ0) is 23.3. The predicted molar refractivity (Wildman–Crippen MR) is 120 cm³/mol. The molecule has 1 unspecified atom stereocenters. The Morgan fingerprint density at radius 2 is 1.94 bits per heavy atom. The molecule has 166 valence electrons. The van der Waals surface area contributed by atoms with Gasteiger partial charge in [-0.2, -0.15) is 5.26 Å². The minimum absolute atomic E-state index is 0.0537. The van der Waals surface area contributed by atoms with Crippen molar-refractivity contribution in [3.05, 3.63) is 65.0 Å². The number of nitrogens with zero attached hydrogens (tertiary/aromatic N) is 3. The van der Waals surface area contributed by atoms with Gasteiger partial charge in [-0.15, -0.1) is 0 Å². The molecule has 0 spiro atoms. The molecule has 0 aromatic heterocycles. The molecule has 2 aromatic carbocycles. The SMILES string of the molecule is Cc1cc(F)ccc1Oc1ccc(C(N)=C(C(N)=O)C(N)=NC2CCCN(C#N)C2)cc1.